The second-order valence-electron chi connectivity index (χ2n) is 8.49. The fourth-order valence-corrected chi connectivity index (χ4v) is 3.52. The highest BCUT2D eigenvalue weighted by Crippen LogP contribution is 2.38. The summed E-state index contributed by atoms with van der Waals surface area (Å²) < 4.78 is 40.3. The van der Waals surface area contributed by atoms with Gasteiger partial charge in [-0.1, -0.05) is 57.2 Å². The van der Waals surface area contributed by atoms with Crippen LogP contribution in [0.2, 0.25) is 0 Å². The van der Waals surface area contributed by atoms with Gasteiger partial charge in [0.05, 0.1) is 11.8 Å². The predicted octanol–water partition coefficient (Wildman–Crippen LogP) is 7.36. The van der Waals surface area contributed by atoms with Crippen molar-refractivity contribution in [2.75, 3.05) is 5.32 Å². The van der Waals surface area contributed by atoms with E-state index in [9.17, 15) is 13.2 Å². The molecular formula is C25H22F3N3. The summed E-state index contributed by atoms with van der Waals surface area (Å²) >= 11 is 0. The van der Waals surface area contributed by atoms with E-state index >= 15 is 0 Å². The summed E-state index contributed by atoms with van der Waals surface area (Å²) in [5.74, 6) is 0.552. The highest BCUT2D eigenvalue weighted by molar-refractivity contribution is 5.95. The molecule has 1 heterocycles. The molecule has 158 valence electrons. The molecule has 0 atom stereocenters. The number of rotatable bonds is 3. The van der Waals surface area contributed by atoms with E-state index in [-0.39, 0.29) is 11.0 Å². The summed E-state index contributed by atoms with van der Waals surface area (Å²) in [4.78, 5) is 0. The molecule has 0 aliphatic rings. The van der Waals surface area contributed by atoms with Gasteiger partial charge in [-0.25, -0.2) is 0 Å². The lowest BCUT2D eigenvalue weighted by Gasteiger charge is -2.19. The number of anilines is 2. The van der Waals surface area contributed by atoms with E-state index in [1.54, 1.807) is 30.5 Å². The van der Waals surface area contributed by atoms with Gasteiger partial charge in [0, 0.05) is 16.5 Å². The number of alkyl halides is 3. The molecule has 0 unspecified atom stereocenters. The van der Waals surface area contributed by atoms with Gasteiger partial charge in [0.1, 0.15) is 0 Å². The number of hydrogen-bond donors (Lipinski definition) is 1. The minimum absolute atomic E-state index is 0.0564. The molecule has 4 rings (SSSR count). The first-order valence-corrected chi connectivity index (χ1v) is 9.92. The Morgan fingerprint density at radius 3 is 2.23 bits per heavy atom. The Hall–Kier alpha value is -3.41. The monoisotopic (exact) mass is 421 g/mol. The minimum atomic E-state index is -4.42. The van der Waals surface area contributed by atoms with Crippen molar-refractivity contribution in [1.82, 2.24) is 10.2 Å². The smallest absolute Gasteiger partial charge is 0.338 e. The Kier molecular flexibility index (Phi) is 5.17. The Bertz CT molecular complexity index is 1220. The van der Waals surface area contributed by atoms with Gasteiger partial charge >= 0.3 is 6.18 Å². The van der Waals surface area contributed by atoms with Crippen molar-refractivity contribution < 1.29 is 13.2 Å². The maximum Gasteiger partial charge on any atom is 0.417 e. The summed E-state index contributed by atoms with van der Waals surface area (Å²) in [6.45, 7) is 6.46. The van der Waals surface area contributed by atoms with Crippen molar-refractivity contribution >= 4 is 22.3 Å². The molecule has 4 aromatic rings. The fourth-order valence-electron chi connectivity index (χ4n) is 3.52. The van der Waals surface area contributed by atoms with Crippen molar-refractivity contribution in [3.8, 4) is 11.1 Å². The molecule has 0 spiro atoms. The topological polar surface area (TPSA) is 37.8 Å². The summed E-state index contributed by atoms with van der Waals surface area (Å²) in [6.07, 6.45) is -2.86. The molecule has 0 fully saturated rings. The molecule has 3 nitrogen and oxygen atoms in total. The van der Waals surface area contributed by atoms with Gasteiger partial charge < -0.3 is 5.32 Å². The quantitative estimate of drug-likeness (QED) is 0.376. The van der Waals surface area contributed by atoms with Crippen LogP contribution in [0.1, 0.15) is 31.9 Å². The minimum Gasteiger partial charge on any atom is -0.338 e. The molecule has 1 aromatic heterocycles. The van der Waals surface area contributed by atoms with Crippen molar-refractivity contribution in [1.29, 1.82) is 0 Å². The van der Waals surface area contributed by atoms with Crippen molar-refractivity contribution in [3.05, 3.63) is 84.1 Å². The van der Waals surface area contributed by atoms with E-state index in [1.165, 1.54) is 17.7 Å². The van der Waals surface area contributed by atoms with Crippen LogP contribution in [-0.4, -0.2) is 10.2 Å². The third-order valence-corrected chi connectivity index (χ3v) is 5.22. The van der Waals surface area contributed by atoms with E-state index in [2.05, 4.69) is 48.4 Å². The Morgan fingerprint density at radius 2 is 1.55 bits per heavy atom. The van der Waals surface area contributed by atoms with Gasteiger partial charge in [-0.15, -0.1) is 5.10 Å². The van der Waals surface area contributed by atoms with Gasteiger partial charge in [0.15, 0.2) is 5.82 Å². The lowest BCUT2D eigenvalue weighted by molar-refractivity contribution is -0.137. The summed E-state index contributed by atoms with van der Waals surface area (Å²) in [7, 11) is 0. The van der Waals surface area contributed by atoms with Crippen LogP contribution in [0.4, 0.5) is 24.7 Å². The molecule has 0 saturated carbocycles. The molecule has 3 aromatic carbocycles. The van der Waals surface area contributed by atoms with E-state index < -0.39 is 11.7 Å². The van der Waals surface area contributed by atoms with E-state index in [0.717, 1.165) is 17.1 Å². The molecular weight excluding hydrogens is 399 g/mol. The zero-order valence-corrected chi connectivity index (χ0v) is 17.5. The third-order valence-electron chi connectivity index (χ3n) is 5.22. The van der Waals surface area contributed by atoms with Gasteiger partial charge in [-0.3, -0.25) is 0 Å². The molecule has 0 amide bonds. The molecule has 0 bridgehead atoms. The molecule has 0 aliphatic carbocycles. The van der Waals surface area contributed by atoms with Crippen LogP contribution in [-0.2, 0) is 11.6 Å². The molecule has 1 N–H and O–H groups in total. The molecule has 0 saturated heterocycles. The second-order valence-corrected chi connectivity index (χ2v) is 8.49. The molecule has 31 heavy (non-hydrogen) atoms. The molecule has 0 aliphatic heterocycles. The SMILES string of the molecule is CC(C)(C)c1ccc(Nc2nncc3cc(-c4ccccc4C(F)(F)F)ccc23)cc1. The summed E-state index contributed by atoms with van der Waals surface area (Å²) in [6, 6.07) is 18.8. The van der Waals surface area contributed by atoms with Crippen LogP contribution in [0.5, 0.6) is 0 Å². The zero-order valence-electron chi connectivity index (χ0n) is 17.5. The van der Waals surface area contributed by atoms with Gasteiger partial charge in [0.25, 0.3) is 0 Å². The number of nitrogens with zero attached hydrogens (tertiary/aromatic N) is 2. The van der Waals surface area contributed by atoms with Gasteiger partial charge in [-0.05, 0) is 52.4 Å². The lowest BCUT2D eigenvalue weighted by atomic mass is 9.87. The summed E-state index contributed by atoms with van der Waals surface area (Å²) in [5.41, 5.74) is 2.10. The Balaban J connectivity index is 1.70. The number of hydrogen-bond acceptors (Lipinski definition) is 3. The number of halogens is 3. The van der Waals surface area contributed by atoms with Crippen LogP contribution in [0.25, 0.3) is 21.9 Å². The Morgan fingerprint density at radius 1 is 0.839 bits per heavy atom. The van der Waals surface area contributed by atoms with Crippen LogP contribution < -0.4 is 5.32 Å². The molecule has 0 radical (unpaired) electrons. The number of nitrogens with one attached hydrogen (secondary N) is 1. The van der Waals surface area contributed by atoms with Crippen LogP contribution >= 0.6 is 0 Å². The van der Waals surface area contributed by atoms with Gasteiger partial charge in [-0.2, -0.15) is 18.3 Å². The molecule has 6 heteroatoms. The van der Waals surface area contributed by atoms with E-state index in [4.69, 9.17) is 0 Å². The van der Waals surface area contributed by atoms with Crippen LogP contribution in [0.3, 0.4) is 0 Å². The largest absolute Gasteiger partial charge is 0.417 e. The first-order valence-electron chi connectivity index (χ1n) is 9.92. The van der Waals surface area contributed by atoms with E-state index in [0.29, 0.717) is 16.8 Å². The maximum atomic E-state index is 13.4. The van der Waals surface area contributed by atoms with Crippen molar-refractivity contribution in [2.45, 2.75) is 32.4 Å². The van der Waals surface area contributed by atoms with Crippen molar-refractivity contribution in [2.24, 2.45) is 0 Å². The highest BCUT2D eigenvalue weighted by atomic mass is 19.4. The average Bonchev–Trinajstić information content (AvgIpc) is 2.73. The highest BCUT2D eigenvalue weighted by Gasteiger charge is 2.33. The number of fused-ring (bicyclic) bond motifs is 1. The predicted molar refractivity (Wildman–Crippen MR) is 118 cm³/mol. The van der Waals surface area contributed by atoms with Crippen LogP contribution in [0.15, 0.2) is 72.9 Å². The zero-order chi connectivity index (χ0) is 22.2. The van der Waals surface area contributed by atoms with Crippen LogP contribution in [0, 0.1) is 0 Å². The number of benzene rings is 3. The average molecular weight is 421 g/mol. The third kappa shape index (κ3) is 4.38. The fraction of sp³-hybridized carbons (Fsp3) is 0.200. The number of aromatic nitrogens is 2. The van der Waals surface area contributed by atoms with Gasteiger partial charge in [0.2, 0.25) is 0 Å². The summed E-state index contributed by atoms with van der Waals surface area (Å²) in [5, 5.41) is 13.0. The Labute approximate surface area is 179 Å². The van der Waals surface area contributed by atoms with E-state index in [1.807, 2.05) is 12.1 Å². The lowest BCUT2D eigenvalue weighted by Crippen LogP contribution is -2.10. The standard InChI is InChI=1S/C25H22F3N3/c1-24(2,3)18-9-11-19(12-10-18)30-23-21-13-8-16(14-17(21)15-29-31-23)20-6-4-5-7-22(20)25(26,27)28/h4-15H,1-3H3,(H,30,31). The first kappa shape index (κ1) is 20.8. The first-order chi connectivity index (χ1) is 14.6. The van der Waals surface area contributed by atoms with Crippen molar-refractivity contribution in [3.63, 3.8) is 0 Å². The second kappa shape index (κ2) is 7.69. The normalized spacial score (nSPS) is 12.2. The maximum absolute atomic E-state index is 13.4.